The lowest BCUT2D eigenvalue weighted by Gasteiger charge is -2.20. The van der Waals surface area contributed by atoms with Gasteiger partial charge in [-0.15, -0.1) is 0 Å². The molecule has 0 fully saturated rings. The average molecular weight is 288 g/mol. The molecule has 0 radical (unpaired) electrons. The van der Waals surface area contributed by atoms with Crippen molar-refractivity contribution in [1.29, 1.82) is 0 Å². The summed E-state index contributed by atoms with van der Waals surface area (Å²) in [6, 6.07) is 6.28. The van der Waals surface area contributed by atoms with Crippen molar-refractivity contribution in [3.05, 3.63) is 30.0 Å². The molecule has 0 atom stereocenters. The summed E-state index contributed by atoms with van der Waals surface area (Å²) in [6.07, 6.45) is 3.40. The Morgan fingerprint density at radius 3 is 2.81 bits per heavy atom. The van der Waals surface area contributed by atoms with Crippen molar-refractivity contribution >= 4 is 16.9 Å². The minimum absolute atomic E-state index is 0.203. The van der Waals surface area contributed by atoms with Gasteiger partial charge in [-0.1, -0.05) is 6.92 Å². The highest BCUT2D eigenvalue weighted by molar-refractivity contribution is 5.85. The zero-order valence-corrected chi connectivity index (χ0v) is 13.3. The first-order chi connectivity index (χ1) is 10.0. The molecular weight excluding hydrogens is 264 g/mol. The lowest BCUT2D eigenvalue weighted by molar-refractivity contribution is -0.134. The predicted octanol–water partition coefficient (Wildman–Crippen LogP) is 3.37. The minimum Gasteiger partial charge on any atom is -0.427 e. The monoisotopic (exact) mass is 288 g/mol. The number of aromatic amines is 1. The topological polar surface area (TPSA) is 45.3 Å². The number of nitrogens with one attached hydrogen (secondary N) is 1. The van der Waals surface area contributed by atoms with E-state index >= 15 is 0 Å². The van der Waals surface area contributed by atoms with Gasteiger partial charge in [0.15, 0.2) is 0 Å². The van der Waals surface area contributed by atoms with Crippen LogP contribution in [0.2, 0.25) is 0 Å². The van der Waals surface area contributed by atoms with Gasteiger partial charge in [0.25, 0.3) is 0 Å². The number of carbonyl (C=O) groups excluding carboxylic acids is 1. The smallest absolute Gasteiger partial charge is 0.310 e. The molecule has 2 aromatic rings. The molecule has 0 saturated heterocycles. The quantitative estimate of drug-likeness (QED) is 0.655. The molecule has 4 heteroatoms. The molecule has 21 heavy (non-hydrogen) atoms. The van der Waals surface area contributed by atoms with Gasteiger partial charge in [-0.05, 0) is 51.1 Å². The first-order valence-electron chi connectivity index (χ1n) is 7.52. The molecule has 0 unspecified atom stereocenters. The van der Waals surface area contributed by atoms with Crippen molar-refractivity contribution in [3.63, 3.8) is 0 Å². The Morgan fingerprint density at radius 1 is 1.38 bits per heavy atom. The fourth-order valence-electron chi connectivity index (χ4n) is 2.19. The van der Waals surface area contributed by atoms with Crippen LogP contribution in [-0.2, 0) is 11.2 Å². The number of aromatic nitrogens is 1. The molecule has 0 aliphatic carbocycles. The van der Waals surface area contributed by atoms with Crippen LogP contribution >= 0.6 is 0 Å². The summed E-state index contributed by atoms with van der Waals surface area (Å²) in [5.41, 5.74) is 2.33. The van der Waals surface area contributed by atoms with Gasteiger partial charge in [-0.25, -0.2) is 0 Å². The summed E-state index contributed by atoms with van der Waals surface area (Å²) in [6.45, 7) is 7.18. The number of hydrogen-bond acceptors (Lipinski definition) is 3. The first kappa shape index (κ1) is 15.6. The molecule has 0 amide bonds. The number of esters is 1. The van der Waals surface area contributed by atoms with Gasteiger partial charge in [0.05, 0.1) is 0 Å². The second-order valence-corrected chi connectivity index (χ2v) is 5.67. The van der Waals surface area contributed by atoms with Crippen LogP contribution < -0.4 is 4.74 Å². The summed E-state index contributed by atoms with van der Waals surface area (Å²) in [5, 5.41) is 1.13. The maximum absolute atomic E-state index is 11.4. The van der Waals surface area contributed by atoms with Crippen molar-refractivity contribution in [1.82, 2.24) is 9.88 Å². The Kier molecular flexibility index (Phi) is 5.02. The molecule has 0 spiro atoms. The van der Waals surface area contributed by atoms with Crippen molar-refractivity contribution in [2.75, 3.05) is 13.6 Å². The minimum atomic E-state index is -0.203. The largest absolute Gasteiger partial charge is 0.427 e. The van der Waals surface area contributed by atoms with Gasteiger partial charge in [0.1, 0.15) is 5.75 Å². The summed E-state index contributed by atoms with van der Waals surface area (Å²) >= 11 is 0. The summed E-state index contributed by atoms with van der Waals surface area (Å²) in [7, 11) is 2.13. The van der Waals surface area contributed by atoms with E-state index in [1.54, 1.807) is 6.92 Å². The Morgan fingerprint density at radius 2 is 2.14 bits per heavy atom. The van der Waals surface area contributed by atoms with Crippen LogP contribution in [0.4, 0.5) is 0 Å². The number of carbonyl (C=O) groups is 1. The van der Waals surface area contributed by atoms with E-state index in [9.17, 15) is 4.79 Å². The van der Waals surface area contributed by atoms with Crippen molar-refractivity contribution in [3.8, 4) is 5.75 Å². The van der Waals surface area contributed by atoms with E-state index in [0.29, 0.717) is 18.2 Å². The molecule has 1 N–H and O–H groups in total. The number of fused-ring (bicyclic) bond motifs is 1. The Hall–Kier alpha value is -1.81. The van der Waals surface area contributed by atoms with E-state index in [1.807, 2.05) is 24.4 Å². The van der Waals surface area contributed by atoms with E-state index in [4.69, 9.17) is 4.74 Å². The van der Waals surface area contributed by atoms with Crippen LogP contribution in [0.3, 0.4) is 0 Å². The Labute approximate surface area is 126 Å². The number of benzene rings is 1. The highest BCUT2D eigenvalue weighted by Crippen LogP contribution is 2.24. The van der Waals surface area contributed by atoms with Gasteiger partial charge >= 0.3 is 5.97 Å². The number of H-pyrrole nitrogens is 1. The third kappa shape index (κ3) is 3.85. The van der Waals surface area contributed by atoms with E-state index in [0.717, 1.165) is 23.9 Å². The Bertz CT molecular complexity index is 616. The maximum atomic E-state index is 11.4. The first-order valence-corrected chi connectivity index (χ1v) is 7.52. The second kappa shape index (κ2) is 6.76. The molecule has 2 rings (SSSR count). The SMILES string of the molecule is CCC(=O)Oc1ccc2[nH]cc(CCN(C)C(C)C)c2c1. The molecule has 0 saturated carbocycles. The van der Waals surface area contributed by atoms with Gasteiger partial charge in [0.2, 0.25) is 0 Å². The molecule has 114 valence electrons. The maximum Gasteiger partial charge on any atom is 0.310 e. The lowest BCUT2D eigenvalue weighted by atomic mass is 10.1. The van der Waals surface area contributed by atoms with Gasteiger partial charge in [0, 0.05) is 36.1 Å². The fourth-order valence-corrected chi connectivity index (χ4v) is 2.19. The molecule has 0 bridgehead atoms. The van der Waals surface area contributed by atoms with Crippen molar-refractivity contribution < 1.29 is 9.53 Å². The molecule has 1 aromatic carbocycles. The highest BCUT2D eigenvalue weighted by atomic mass is 16.5. The van der Waals surface area contributed by atoms with Crippen LogP contribution in [0.25, 0.3) is 10.9 Å². The number of likely N-dealkylation sites (N-methyl/N-ethyl adjacent to an activating group) is 1. The summed E-state index contributed by atoms with van der Waals surface area (Å²) < 4.78 is 5.30. The average Bonchev–Trinajstić information content (AvgIpc) is 2.86. The molecule has 0 aliphatic rings. The molecule has 1 aromatic heterocycles. The van der Waals surface area contributed by atoms with Crippen molar-refractivity contribution in [2.24, 2.45) is 0 Å². The van der Waals surface area contributed by atoms with E-state index < -0.39 is 0 Å². The molecule has 1 heterocycles. The van der Waals surface area contributed by atoms with E-state index in [2.05, 4.69) is 30.8 Å². The van der Waals surface area contributed by atoms with Crippen LogP contribution in [0.15, 0.2) is 24.4 Å². The van der Waals surface area contributed by atoms with Gasteiger partial charge < -0.3 is 14.6 Å². The molecule has 0 aliphatic heterocycles. The van der Waals surface area contributed by atoms with Crippen LogP contribution in [-0.4, -0.2) is 35.5 Å². The number of rotatable bonds is 6. The zero-order valence-electron chi connectivity index (χ0n) is 13.3. The highest BCUT2D eigenvalue weighted by Gasteiger charge is 2.09. The third-order valence-electron chi connectivity index (χ3n) is 3.87. The number of hydrogen-bond donors (Lipinski definition) is 1. The van der Waals surface area contributed by atoms with Crippen LogP contribution in [0.1, 0.15) is 32.8 Å². The second-order valence-electron chi connectivity index (χ2n) is 5.67. The Balaban J connectivity index is 2.16. The van der Waals surface area contributed by atoms with Crippen LogP contribution in [0.5, 0.6) is 5.75 Å². The normalized spacial score (nSPS) is 11.5. The molecule has 4 nitrogen and oxygen atoms in total. The lowest BCUT2D eigenvalue weighted by Crippen LogP contribution is -2.28. The third-order valence-corrected chi connectivity index (χ3v) is 3.87. The summed E-state index contributed by atoms with van der Waals surface area (Å²) in [5.74, 6) is 0.415. The summed E-state index contributed by atoms with van der Waals surface area (Å²) in [4.78, 5) is 17.0. The predicted molar refractivity (Wildman–Crippen MR) is 85.7 cm³/mol. The zero-order chi connectivity index (χ0) is 15.4. The van der Waals surface area contributed by atoms with E-state index in [-0.39, 0.29) is 5.97 Å². The van der Waals surface area contributed by atoms with E-state index in [1.165, 1.54) is 5.56 Å². The van der Waals surface area contributed by atoms with Gasteiger partial charge in [-0.3, -0.25) is 4.79 Å². The standard InChI is InChI=1S/C17H24N2O2/c1-5-17(20)21-14-6-7-16-15(10-14)13(11-18-16)8-9-19(4)12(2)3/h6-7,10-12,18H,5,8-9H2,1-4H3. The van der Waals surface area contributed by atoms with Crippen LogP contribution in [0, 0.1) is 0 Å². The number of ether oxygens (including phenoxy) is 1. The molecular formula is C17H24N2O2. The van der Waals surface area contributed by atoms with Crippen molar-refractivity contribution in [2.45, 2.75) is 39.7 Å². The van der Waals surface area contributed by atoms with Gasteiger partial charge in [-0.2, -0.15) is 0 Å². The fraction of sp³-hybridized carbons (Fsp3) is 0.471. The number of nitrogens with zero attached hydrogens (tertiary/aromatic N) is 1.